The van der Waals surface area contributed by atoms with E-state index in [1.54, 1.807) is 6.20 Å². The van der Waals surface area contributed by atoms with Gasteiger partial charge in [-0.25, -0.2) is 0 Å². The molecule has 1 aliphatic rings. The molecule has 0 bridgehead atoms. The summed E-state index contributed by atoms with van der Waals surface area (Å²) in [6.45, 7) is 7.00. The van der Waals surface area contributed by atoms with Crippen molar-refractivity contribution in [2.75, 3.05) is 19.7 Å². The highest BCUT2D eigenvalue weighted by molar-refractivity contribution is 5.11. The molecule has 1 aliphatic carbocycles. The van der Waals surface area contributed by atoms with E-state index in [1.165, 1.54) is 12.8 Å². The van der Waals surface area contributed by atoms with Gasteiger partial charge in [-0.15, -0.1) is 0 Å². The third kappa shape index (κ3) is 3.52. The summed E-state index contributed by atoms with van der Waals surface area (Å²) in [7, 11) is 0. The molecule has 0 aromatic carbocycles. The highest BCUT2D eigenvalue weighted by Crippen LogP contribution is 2.27. The highest BCUT2D eigenvalue weighted by atomic mass is 16.5. The second-order valence-corrected chi connectivity index (χ2v) is 4.75. The van der Waals surface area contributed by atoms with Crippen molar-refractivity contribution in [1.29, 1.82) is 0 Å². The van der Waals surface area contributed by atoms with Crippen LogP contribution in [0.3, 0.4) is 0 Å². The molecule has 1 N–H and O–H groups in total. The number of nitrogens with zero attached hydrogens (tertiary/aromatic N) is 2. The van der Waals surface area contributed by atoms with E-state index in [4.69, 9.17) is 4.74 Å². The number of aromatic nitrogens is 2. The van der Waals surface area contributed by atoms with Gasteiger partial charge in [0.2, 0.25) is 0 Å². The van der Waals surface area contributed by atoms with Crippen LogP contribution in [0.2, 0.25) is 0 Å². The van der Waals surface area contributed by atoms with Gasteiger partial charge in [0.1, 0.15) is 6.61 Å². The van der Waals surface area contributed by atoms with Gasteiger partial charge in [0.15, 0.2) is 5.75 Å². The minimum Gasteiger partial charge on any atom is -0.489 e. The lowest BCUT2D eigenvalue weighted by Gasteiger charge is -2.05. The molecule has 1 fully saturated rings. The van der Waals surface area contributed by atoms with Crippen molar-refractivity contribution >= 4 is 0 Å². The topological polar surface area (TPSA) is 39.1 Å². The zero-order valence-electron chi connectivity index (χ0n) is 10.1. The van der Waals surface area contributed by atoms with Crippen molar-refractivity contribution in [2.45, 2.75) is 32.7 Å². The molecule has 1 aromatic heterocycles. The molecule has 0 amide bonds. The molecule has 0 unspecified atom stereocenters. The summed E-state index contributed by atoms with van der Waals surface area (Å²) in [5.74, 6) is 1.80. The van der Waals surface area contributed by atoms with Crippen LogP contribution < -0.4 is 10.1 Å². The maximum absolute atomic E-state index is 5.59. The van der Waals surface area contributed by atoms with Crippen molar-refractivity contribution < 1.29 is 4.74 Å². The van der Waals surface area contributed by atoms with Gasteiger partial charge in [0.05, 0.1) is 12.4 Å². The van der Waals surface area contributed by atoms with Crippen LogP contribution in [0, 0.1) is 5.92 Å². The van der Waals surface area contributed by atoms with Crippen molar-refractivity contribution in [3.63, 3.8) is 0 Å². The number of nitrogens with one attached hydrogen (secondary N) is 1. The summed E-state index contributed by atoms with van der Waals surface area (Å²) < 4.78 is 7.50. The molecule has 4 nitrogen and oxygen atoms in total. The Kier molecular flexibility index (Phi) is 3.83. The summed E-state index contributed by atoms with van der Waals surface area (Å²) in [6, 6.07) is 0.394. The van der Waals surface area contributed by atoms with Gasteiger partial charge in [-0.1, -0.05) is 0 Å². The number of hydrogen-bond acceptors (Lipinski definition) is 3. The fourth-order valence-electron chi connectivity index (χ4n) is 1.55. The van der Waals surface area contributed by atoms with E-state index in [-0.39, 0.29) is 0 Å². The molecule has 0 radical (unpaired) electrons. The molecule has 16 heavy (non-hydrogen) atoms. The average molecular weight is 223 g/mol. The van der Waals surface area contributed by atoms with Crippen LogP contribution >= 0.6 is 0 Å². The van der Waals surface area contributed by atoms with E-state index in [9.17, 15) is 0 Å². The van der Waals surface area contributed by atoms with Crippen LogP contribution in [0.25, 0.3) is 0 Å². The van der Waals surface area contributed by atoms with Gasteiger partial charge in [-0.3, -0.25) is 4.68 Å². The molecular formula is C12H21N3O. The molecule has 1 heterocycles. The zero-order valence-corrected chi connectivity index (χ0v) is 10.1. The number of rotatable bonds is 7. The van der Waals surface area contributed by atoms with Gasteiger partial charge in [0.25, 0.3) is 0 Å². The van der Waals surface area contributed by atoms with Gasteiger partial charge < -0.3 is 10.1 Å². The largest absolute Gasteiger partial charge is 0.489 e. The van der Waals surface area contributed by atoms with Gasteiger partial charge >= 0.3 is 0 Å². The van der Waals surface area contributed by atoms with Crippen LogP contribution in [-0.4, -0.2) is 29.5 Å². The fraction of sp³-hybridized carbons (Fsp3) is 0.750. The second-order valence-electron chi connectivity index (χ2n) is 4.75. The fourth-order valence-corrected chi connectivity index (χ4v) is 1.55. The number of hydrogen-bond donors (Lipinski definition) is 1. The van der Waals surface area contributed by atoms with Crippen LogP contribution in [-0.2, 0) is 0 Å². The van der Waals surface area contributed by atoms with E-state index in [0.29, 0.717) is 6.04 Å². The molecule has 1 aromatic rings. The Morgan fingerprint density at radius 1 is 1.56 bits per heavy atom. The lowest BCUT2D eigenvalue weighted by molar-refractivity contribution is 0.312. The normalized spacial score (nSPS) is 15.7. The van der Waals surface area contributed by atoms with Crippen LogP contribution in [0.15, 0.2) is 12.4 Å². The first-order chi connectivity index (χ1) is 7.75. The minimum absolute atomic E-state index is 0.394. The molecule has 1 saturated carbocycles. The third-order valence-electron chi connectivity index (χ3n) is 2.78. The Balaban J connectivity index is 1.60. The van der Waals surface area contributed by atoms with Gasteiger partial charge in [0, 0.05) is 12.6 Å². The molecule has 2 rings (SSSR count). The predicted molar refractivity (Wildman–Crippen MR) is 63.7 cm³/mol. The summed E-state index contributed by atoms with van der Waals surface area (Å²) in [6.07, 6.45) is 6.52. The van der Waals surface area contributed by atoms with Crippen molar-refractivity contribution in [1.82, 2.24) is 15.1 Å². The lowest BCUT2D eigenvalue weighted by Crippen LogP contribution is -2.23. The summed E-state index contributed by atoms with van der Waals surface area (Å²) >= 11 is 0. The maximum Gasteiger partial charge on any atom is 0.157 e. The molecule has 90 valence electrons. The van der Waals surface area contributed by atoms with Crippen LogP contribution in [0.4, 0.5) is 0 Å². The molecule has 0 saturated heterocycles. The van der Waals surface area contributed by atoms with E-state index >= 15 is 0 Å². The first kappa shape index (κ1) is 11.5. The van der Waals surface area contributed by atoms with Crippen molar-refractivity contribution in [2.24, 2.45) is 5.92 Å². The SMILES string of the molecule is CC(C)n1cc(OCCNCC2CC2)cn1. The molecule has 4 heteroatoms. The monoisotopic (exact) mass is 223 g/mol. The van der Waals surface area contributed by atoms with E-state index < -0.39 is 0 Å². The van der Waals surface area contributed by atoms with Gasteiger partial charge in [-0.2, -0.15) is 5.10 Å². The summed E-state index contributed by atoms with van der Waals surface area (Å²) in [5.41, 5.74) is 0. The van der Waals surface area contributed by atoms with Crippen LogP contribution in [0.5, 0.6) is 5.75 Å². The molecular weight excluding hydrogens is 202 g/mol. The Morgan fingerprint density at radius 3 is 3.00 bits per heavy atom. The predicted octanol–water partition coefficient (Wildman–Crippen LogP) is 1.84. The third-order valence-corrected chi connectivity index (χ3v) is 2.78. The Morgan fingerprint density at radius 2 is 2.38 bits per heavy atom. The lowest BCUT2D eigenvalue weighted by atomic mass is 10.4. The summed E-state index contributed by atoms with van der Waals surface area (Å²) in [4.78, 5) is 0. The zero-order chi connectivity index (χ0) is 11.4. The van der Waals surface area contributed by atoms with Crippen molar-refractivity contribution in [3.05, 3.63) is 12.4 Å². The molecule has 0 atom stereocenters. The Labute approximate surface area is 97.0 Å². The van der Waals surface area contributed by atoms with E-state index in [0.717, 1.165) is 31.4 Å². The van der Waals surface area contributed by atoms with Gasteiger partial charge in [-0.05, 0) is 39.2 Å². The van der Waals surface area contributed by atoms with E-state index in [2.05, 4.69) is 24.3 Å². The highest BCUT2D eigenvalue weighted by Gasteiger charge is 2.19. The first-order valence-electron chi connectivity index (χ1n) is 6.13. The maximum atomic E-state index is 5.59. The molecule has 0 spiro atoms. The minimum atomic E-state index is 0.394. The van der Waals surface area contributed by atoms with Crippen LogP contribution in [0.1, 0.15) is 32.7 Å². The molecule has 0 aliphatic heterocycles. The standard InChI is InChI=1S/C12H21N3O/c1-10(2)15-9-12(8-14-15)16-6-5-13-7-11-3-4-11/h8-11,13H,3-7H2,1-2H3. The Bertz CT molecular complexity index is 318. The van der Waals surface area contributed by atoms with Crippen molar-refractivity contribution in [3.8, 4) is 5.75 Å². The number of ether oxygens (including phenoxy) is 1. The van der Waals surface area contributed by atoms with E-state index in [1.807, 2.05) is 10.9 Å². The average Bonchev–Trinajstić information content (AvgIpc) is 2.94. The second kappa shape index (κ2) is 5.34. The quantitative estimate of drug-likeness (QED) is 0.717. The first-order valence-corrected chi connectivity index (χ1v) is 6.13. The smallest absolute Gasteiger partial charge is 0.157 e. The summed E-state index contributed by atoms with van der Waals surface area (Å²) in [5, 5.41) is 7.62. The Hall–Kier alpha value is -1.03.